The summed E-state index contributed by atoms with van der Waals surface area (Å²) in [4.78, 5) is 8.13. The van der Waals surface area contributed by atoms with Crippen molar-refractivity contribution in [2.24, 2.45) is 0 Å². The van der Waals surface area contributed by atoms with Gasteiger partial charge in [-0.05, 0) is 20.4 Å². The predicted octanol–water partition coefficient (Wildman–Crippen LogP) is 1.39. The van der Waals surface area contributed by atoms with E-state index in [1.807, 2.05) is 17.7 Å². The lowest BCUT2D eigenvalue weighted by Gasteiger charge is -2.04. The first-order chi connectivity index (χ1) is 8.24. The van der Waals surface area contributed by atoms with E-state index in [9.17, 15) is 0 Å². The van der Waals surface area contributed by atoms with Gasteiger partial charge >= 0.3 is 0 Å². The van der Waals surface area contributed by atoms with Crippen molar-refractivity contribution in [2.45, 2.75) is 27.3 Å². The largest absolute Gasteiger partial charge is 0.313 e. The molecule has 2 aromatic rings. The van der Waals surface area contributed by atoms with Crippen molar-refractivity contribution in [2.75, 3.05) is 6.54 Å². The Morgan fingerprint density at radius 2 is 2.18 bits per heavy atom. The fraction of sp³-hybridized carbons (Fsp3) is 0.417. The number of aromatic nitrogens is 4. The van der Waals surface area contributed by atoms with Crippen LogP contribution in [0.2, 0.25) is 0 Å². The third-order valence-electron chi connectivity index (χ3n) is 2.78. The summed E-state index contributed by atoms with van der Waals surface area (Å²) in [6.45, 7) is 7.99. The Labute approximate surface area is 101 Å². The molecule has 2 aromatic heterocycles. The summed E-state index contributed by atoms with van der Waals surface area (Å²) < 4.78 is 1.86. The van der Waals surface area contributed by atoms with Crippen molar-refractivity contribution < 1.29 is 0 Å². The van der Waals surface area contributed by atoms with Crippen LogP contribution in [0.1, 0.15) is 23.9 Å². The molecule has 0 radical (unpaired) electrons. The predicted molar refractivity (Wildman–Crippen MR) is 66.0 cm³/mol. The van der Waals surface area contributed by atoms with E-state index in [1.54, 1.807) is 6.20 Å². The first-order valence-electron chi connectivity index (χ1n) is 5.76. The quantitative estimate of drug-likeness (QED) is 0.864. The molecule has 5 heteroatoms. The normalized spacial score (nSPS) is 10.8. The smallest absolute Gasteiger partial charge is 0.156 e. The molecule has 0 saturated heterocycles. The van der Waals surface area contributed by atoms with Crippen LogP contribution in [0.3, 0.4) is 0 Å². The highest BCUT2D eigenvalue weighted by Gasteiger charge is 2.12. The van der Waals surface area contributed by atoms with Crippen molar-refractivity contribution in [1.29, 1.82) is 0 Å². The number of rotatable bonds is 4. The van der Waals surface area contributed by atoms with Crippen LogP contribution in [0.15, 0.2) is 18.6 Å². The molecular formula is C12H17N5. The van der Waals surface area contributed by atoms with Gasteiger partial charge in [-0.3, -0.25) is 0 Å². The van der Waals surface area contributed by atoms with Gasteiger partial charge in [-0.15, -0.1) is 0 Å². The maximum absolute atomic E-state index is 4.52. The van der Waals surface area contributed by atoms with Gasteiger partial charge in [-0.25, -0.2) is 14.6 Å². The highest BCUT2D eigenvalue weighted by molar-refractivity contribution is 5.31. The van der Waals surface area contributed by atoms with Crippen LogP contribution in [0.25, 0.3) is 5.82 Å². The molecule has 0 aliphatic heterocycles. The maximum atomic E-state index is 4.52. The van der Waals surface area contributed by atoms with Crippen molar-refractivity contribution in [3.63, 3.8) is 0 Å². The van der Waals surface area contributed by atoms with Crippen LogP contribution in [-0.2, 0) is 6.54 Å². The Morgan fingerprint density at radius 1 is 1.35 bits per heavy atom. The van der Waals surface area contributed by atoms with E-state index in [4.69, 9.17) is 0 Å². The van der Waals surface area contributed by atoms with Gasteiger partial charge in [0.15, 0.2) is 5.82 Å². The monoisotopic (exact) mass is 231 g/mol. The molecule has 0 spiro atoms. The fourth-order valence-corrected chi connectivity index (χ4v) is 1.81. The summed E-state index contributed by atoms with van der Waals surface area (Å²) in [6.07, 6.45) is 3.26. The van der Waals surface area contributed by atoms with E-state index in [2.05, 4.69) is 34.2 Å². The molecule has 2 heterocycles. The molecular weight excluding hydrogens is 214 g/mol. The van der Waals surface area contributed by atoms with Crippen LogP contribution in [0.5, 0.6) is 0 Å². The summed E-state index contributed by atoms with van der Waals surface area (Å²) in [5.41, 5.74) is 3.41. The molecule has 0 fully saturated rings. The van der Waals surface area contributed by atoms with Gasteiger partial charge in [-0.2, -0.15) is 5.10 Å². The molecule has 1 N–H and O–H groups in total. The van der Waals surface area contributed by atoms with Crippen LogP contribution < -0.4 is 5.32 Å². The first kappa shape index (κ1) is 11.7. The van der Waals surface area contributed by atoms with Gasteiger partial charge in [0.05, 0.1) is 5.69 Å². The Kier molecular flexibility index (Phi) is 3.49. The highest BCUT2D eigenvalue weighted by atomic mass is 15.3. The lowest BCUT2D eigenvalue weighted by atomic mass is 10.2. The van der Waals surface area contributed by atoms with Gasteiger partial charge in [-0.1, -0.05) is 6.92 Å². The summed E-state index contributed by atoms with van der Waals surface area (Å²) in [5, 5.41) is 7.84. The molecule has 0 aliphatic rings. The van der Waals surface area contributed by atoms with Crippen molar-refractivity contribution in [1.82, 2.24) is 25.1 Å². The van der Waals surface area contributed by atoms with E-state index in [-0.39, 0.29) is 0 Å². The minimum Gasteiger partial charge on any atom is -0.313 e. The van der Waals surface area contributed by atoms with Crippen LogP contribution in [0.4, 0.5) is 0 Å². The summed E-state index contributed by atoms with van der Waals surface area (Å²) in [5.74, 6) is 0.809. The van der Waals surface area contributed by atoms with E-state index in [0.717, 1.165) is 30.3 Å². The molecule has 17 heavy (non-hydrogen) atoms. The second-order valence-corrected chi connectivity index (χ2v) is 3.91. The van der Waals surface area contributed by atoms with Crippen molar-refractivity contribution in [3.8, 4) is 5.82 Å². The van der Waals surface area contributed by atoms with E-state index < -0.39 is 0 Å². The van der Waals surface area contributed by atoms with Gasteiger partial charge in [0, 0.05) is 30.1 Å². The average molecular weight is 231 g/mol. The van der Waals surface area contributed by atoms with E-state index in [0.29, 0.717) is 0 Å². The van der Waals surface area contributed by atoms with E-state index in [1.165, 1.54) is 11.9 Å². The molecule has 2 rings (SSSR count). The Balaban J connectivity index is 2.37. The molecule has 5 nitrogen and oxygen atoms in total. The zero-order chi connectivity index (χ0) is 12.3. The third kappa shape index (κ3) is 2.34. The summed E-state index contributed by atoms with van der Waals surface area (Å²) in [6, 6.07) is 1.86. The summed E-state index contributed by atoms with van der Waals surface area (Å²) >= 11 is 0. The molecule has 0 atom stereocenters. The second kappa shape index (κ2) is 5.05. The number of nitrogens with zero attached hydrogens (tertiary/aromatic N) is 4. The number of nitrogens with one attached hydrogen (secondary N) is 1. The molecule has 90 valence electrons. The number of hydrogen-bond donors (Lipinski definition) is 1. The molecule has 0 aliphatic carbocycles. The van der Waals surface area contributed by atoms with Gasteiger partial charge < -0.3 is 5.32 Å². The maximum Gasteiger partial charge on any atom is 0.156 e. The SMILES string of the molecule is CCNCc1c(C)nn(-c2ccncn2)c1C. The fourth-order valence-electron chi connectivity index (χ4n) is 1.81. The first-order valence-corrected chi connectivity index (χ1v) is 5.76. The summed E-state index contributed by atoms with van der Waals surface area (Å²) in [7, 11) is 0. The Bertz CT molecular complexity index is 489. The average Bonchev–Trinajstić information content (AvgIpc) is 2.64. The van der Waals surface area contributed by atoms with E-state index >= 15 is 0 Å². The van der Waals surface area contributed by atoms with Crippen molar-refractivity contribution >= 4 is 0 Å². The minimum atomic E-state index is 0.809. The third-order valence-corrected chi connectivity index (χ3v) is 2.78. The number of aryl methyl sites for hydroxylation is 1. The Morgan fingerprint density at radius 3 is 2.82 bits per heavy atom. The van der Waals surface area contributed by atoms with Crippen LogP contribution in [-0.4, -0.2) is 26.3 Å². The lowest BCUT2D eigenvalue weighted by molar-refractivity contribution is 0.719. The second-order valence-electron chi connectivity index (χ2n) is 3.91. The molecule has 0 aromatic carbocycles. The molecule has 0 bridgehead atoms. The zero-order valence-corrected chi connectivity index (χ0v) is 10.4. The molecule has 0 amide bonds. The standard InChI is InChI=1S/C12H17N5/c1-4-13-7-11-9(2)16-17(10(11)3)12-5-6-14-8-15-12/h5-6,8,13H,4,7H2,1-3H3. The van der Waals surface area contributed by atoms with Crippen molar-refractivity contribution in [3.05, 3.63) is 35.5 Å². The highest BCUT2D eigenvalue weighted by Crippen LogP contribution is 2.15. The minimum absolute atomic E-state index is 0.809. The van der Waals surface area contributed by atoms with Gasteiger partial charge in [0.1, 0.15) is 6.33 Å². The number of hydrogen-bond acceptors (Lipinski definition) is 4. The van der Waals surface area contributed by atoms with Crippen LogP contribution in [0, 0.1) is 13.8 Å². The zero-order valence-electron chi connectivity index (χ0n) is 10.4. The van der Waals surface area contributed by atoms with Gasteiger partial charge in [0.25, 0.3) is 0 Å². The Hall–Kier alpha value is -1.75. The van der Waals surface area contributed by atoms with Gasteiger partial charge in [0.2, 0.25) is 0 Å². The molecule has 0 saturated carbocycles. The topological polar surface area (TPSA) is 55.6 Å². The molecule has 0 unspecified atom stereocenters. The lowest BCUT2D eigenvalue weighted by Crippen LogP contribution is -2.13. The van der Waals surface area contributed by atoms with Crippen LogP contribution >= 0.6 is 0 Å².